The van der Waals surface area contributed by atoms with Crippen molar-refractivity contribution in [2.24, 2.45) is 5.92 Å². The summed E-state index contributed by atoms with van der Waals surface area (Å²) < 4.78 is 7.65. The average molecular weight is 250 g/mol. The van der Waals surface area contributed by atoms with Gasteiger partial charge in [-0.05, 0) is 25.8 Å². The van der Waals surface area contributed by atoms with Crippen LogP contribution >= 0.6 is 0 Å². The molecule has 0 bridgehead atoms. The highest BCUT2D eigenvalue weighted by Gasteiger charge is 2.27. The molecule has 5 nitrogen and oxygen atoms in total. The number of aryl methyl sites for hydroxylation is 1. The number of hydrogen-bond acceptors (Lipinski definition) is 4. The van der Waals surface area contributed by atoms with Gasteiger partial charge in [0.15, 0.2) is 0 Å². The Hall–Kier alpha value is -0.940. The molecule has 1 aromatic heterocycles. The van der Waals surface area contributed by atoms with Crippen molar-refractivity contribution in [2.45, 2.75) is 44.7 Å². The van der Waals surface area contributed by atoms with E-state index in [4.69, 9.17) is 4.74 Å². The van der Waals surface area contributed by atoms with E-state index in [1.807, 2.05) is 7.05 Å². The first-order valence-electron chi connectivity index (χ1n) is 7.03. The molecule has 2 aliphatic rings. The average Bonchev–Trinajstić information content (AvgIpc) is 2.89. The summed E-state index contributed by atoms with van der Waals surface area (Å²) in [5, 5.41) is 11.9. The second-order valence-electron chi connectivity index (χ2n) is 5.47. The van der Waals surface area contributed by atoms with E-state index in [-0.39, 0.29) is 0 Å². The molecule has 0 amide bonds. The van der Waals surface area contributed by atoms with Gasteiger partial charge in [0.25, 0.3) is 0 Å². The Morgan fingerprint density at radius 3 is 2.94 bits per heavy atom. The van der Waals surface area contributed by atoms with Crippen LogP contribution in [0.25, 0.3) is 0 Å². The molecule has 1 aromatic rings. The Bertz CT molecular complexity index is 394. The van der Waals surface area contributed by atoms with Crippen molar-refractivity contribution >= 4 is 0 Å². The highest BCUT2D eigenvalue weighted by Crippen LogP contribution is 2.33. The van der Waals surface area contributed by atoms with Gasteiger partial charge in [-0.15, -0.1) is 5.10 Å². The van der Waals surface area contributed by atoms with Crippen molar-refractivity contribution in [2.75, 3.05) is 20.3 Å². The van der Waals surface area contributed by atoms with Crippen molar-refractivity contribution in [1.29, 1.82) is 0 Å². The van der Waals surface area contributed by atoms with Crippen molar-refractivity contribution in [3.8, 4) is 0 Å². The Morgan fingerprint density at radius 2 is 2.28 bits per heavy atom. The van der Waals surface area contributed by atoms with E-state index in [9.17, 15) is 0 Å². The Morgan fingerprint density at radius 1 is 1.39 bits per heavy atom. The molecule has 1 aliphatic heterocycles. The lowest BCUT2D eigenvalue weighted by atomic mass is 10.0. The first-order valence-corrected chi connectivity index (χ1v) is 7.03. The van der Waals surface area contributed by atoms with Crippen LogP contribution in [0.1, 0.15) is 43.0 Å². The first-order chi connectivity index (χ1) is 8.88. The minimum absolute atomic E-state index is 0.488. The molecule has 1 saturated heterocycles. The number of ether oxygens (including phenoxy) is 1. The van der Waals surface area contributed by atoms with E-state index in [0.29, 0.717) is 5.92 Å². The molecule has 1 unspecified atom stereocenters. The molecule has 0 spiro atoms. The van der Waals surface area contributed by atoms with Gasteiger partial charge >= 0.3 is 0 Å². The topological polar surface area (TPSA) is 52.0 Å². The Labute approximate surface area is 108 Å². The predicted molar refractivity (Wildman–Crippen MR) is 68.3 cm³/mol. The monoisotopic (exact) mass is 250 g/mol. The van der Waals surface area contributed by atoms with Gasteiger partial charge in [0.05, 0.1) is 12.3 Å². The zero-order valence-corrected chi connectivity index (χ0v) is 11.1. The van der Waals surface area contributed by atoms with Gasteiger partial charge < -0.3 is 10.1 Å². The maximum Gasteiger partial charge on any atom is 0.100 e. The van der Waals surface area contributed by atoms with Gasteiger partial charge in [0, 0.05) is 25.6 Å². The maximum atomic E-state index is 5.52. The number of aromatic nitrogens is 3. The van der Waals surface area contributed by atoms with E-state index >= 15 is 0 Å². The van der Waals surface area contributed by atoms with Gasteiger partial charge in [0.2, 0.25) is 0 Å². The smallest absolute Gasteiger partial charge is 0.100 e. The largest absolute Gasteiger partial charge is 0.381 e. The van der Waals surface area contributed by atoms with Gasteiger partial charge in [-0.3, -0.25) is 0 Å². The van der Waals surface area contributed by atoms with Crippen LogP contribution in [0.15, 0.2) is 0 Å². The van der Waals surface area contributed by atoms with Crippen LogP contribution in [-0.4, -0.2) is 35.3 Å². The van der Waals surface area contributed by atoms with Gasteiger partial charge in [0.1, 0.15) is 5.69 Å². The highest BCUT2D eigenvalue weighted by atomic mass is 16.5. The normalized spacial score (nSPS) is 23.7. The minimum Gasteiger partial charge on any atom is -0.381 e. The Balaban J connectivity index is 1.76. The van der Waals surface area contributed by atoms with Crippen molar-refractivity contribution in [1.82, 2.24) is 20.3 Å². The van der Waals surface area contributed by atoms with Gasteiger partial charge in [-0.25, -0.2) is 4.68 Å². The fourth-order valence-corrected chi connectivity index (χ4v) is 2.72. The van der Waals surface area contributed by atoms with Crippen LogP contribution in [0.5, 0.6) is 0 Å². The molecule has 1 N–H and O–H groups in total. The second-order valence-corrected chi connectivity index (χ2v) is 5.47. The molecule has 2 fully saturated rings. The van der Waals surface area contributed by atoms with Crippen molar-refractivity contribution in [3.63, 3.8) is 0 Å². The summed E-state index contributed by atoms with van der Waals surface area (Å²) >= 11 is 0. The molecule has 0 radical (unpaired) electrons. The zero-order valence-electron chi connectivity index (χ0n) is 11.1. The third-order valence-electron chi connectivity index (χ3n) is 3.95. The fraction of sp³-hybridized carbons (Fsp3) is 0.846. The summed E-state index contributed by atoms with van der Waals surface area (Å²) in [6.45, 7) is 3.52. The van der Waals surface area contributed by atoms with Crippen LogP contribution in [-0.2, 0) is 17.8 Å². The van der Waals surface area contributed by atoms with Gasteiger partial charge in [-0.2, -0.15) is 0 Å². The Kier molecular flexibility index (Phi) is 3.61. The molecular formula is C13H22N4O. The van der Waals surface area contributed by atoms with E-state index in [2.05, 4.69) is 20.3 Å². The molecule has 1 aliphatic carbocycles. The molecule has 1 saturated carbocycles. The van der Waals surface area contributed by atoms with Crippen LogP contribution in [0, 0.1) is 5.92 Å². The molecule has 18 heavy (non-hydrogen) atoms. The second kappa shape index (κ2) is 5.36. The van der Waals surface area contributed by atoms with E-state index in [1.54, 1.807) is 0 Å². The zero-order chi connectivity index (χ0) is 12.4. The number of nitrogens with one attached hydrogen (secondary N) is 1. The van der Waals surface area contributed by atoms with E-state index < -0.39 is 0 Å². The third-order valence-corrected chi connectivity index (χ3v) is 3.95. The van der Waals surface area contributed by atoms with E-state index in [0.717, 1.165) is 44.3 Å². The summed E-state index contributed by atoms with van der Waals surface area (Å²) in [5.41, 5.74) is 2.41. The molecule has 0 aromatic carbocycles. The van der Waals surface area contributed by atoms with Crippen LogP contribution in [0.3, 0.4) is 0 Å². The lowest BCUT2D eigenvalue weighted by molar-refractivity contribution is 0.193. The first kappa shape index (κ1) is 12.1. The molecule has 2 heterocycles. The molecule has 100 valence electrons. The van der Waals surface area contributed by atoms with Crippen LogP contribution in [0.2, 0.25) is 0 Å². The molecule has 3 rings (SSSR count). The summed E-state index contributed by atoms with van der Waals surface area (Å²) in [6.07, 6.45) is 5.16. The maximum absolute atomic E-state index is 5.52. The molecular weight excluding hydrogens is 228 g/mol. The number of rotatable bonds is 6. The fourth-order valence-electron chi connectivity index (χ4n) is 2.72. The summed E-state index contributed by atoms with van der Waals surface area (Å²) in [4.78, 5) is 0. The predicted octanol–water partition coefficient (Wildman–Crippen LogP) is 1.30. The number of hydrogen-bond donors (Lipinski definition) is 1. The summed E-state index contributed by atoms with van der Waals surface area (Å²) in [5.74, 6) is 1.43. The summed E-state index contributed by atoms with van der Waals surface area (Å²) in [6, 6.07) is 0. The minimum atomic E-state index is 0.488. The molecule has 5 heteroatoms. The SMILES string of the molecule is CNCc1nnn(CCC2CC2)c1C1CCOC1. The summed E-state index contributed by atoms with van der Waals surface area (Å²) in [7, 11) is 1.96. The lowest BCUT2D eigenvalue weighted by Crippen LogP contribution is -2.14. The highest BCUT2D eigenvalue weighted by molar-refractivity contribution is 5.17. The van der Waals surface area contributed by atoms with E-state index in [1.165, 1.54) is 25.0 Å². The van der Waals surface area contributed by atoms with Crippen molar-refractivity contribution < 1.29 is 4.74 Å². The quantitative estimate of drug-likeness (QED) is 0.827. The third kappa shape index (κ3) is 2.57. The molecule has 1 atom stereocenters. The lowest BCUT2D eigenvalue weighted by Gasteiger charge is -2.12. The van der Waals surface area contributed by atoms with Gasteiger partial charge in [-0.1, -0.05) is 18.1 Å². The van der Waals surface area contributed by atoms with Crippen molar-refractivity contribution in [3.05, 3.63) is 11.4 Å². The standard InChI is InChI=1S/C13H22N4O/c1-14-8-12-13(11-5-7-18-9-11)17(16-15-12)6-4-10-2-3-10/h10-11,14H,2-9H2,1H3. The van der Waals surface area contributed by atoms with Crippen LogP contribution in [0.4, 0.5) is 0 Å². The number of nitrogens with zero attached hydrogens (tertiary/aromatic N) is 3. The van der Waals surface area contributed by atoms with Crippen LogP contribution < -0.4 is 5.32 Å².